The summed E-state index contributed by atoms with van der Waals surface area (Å²) in [7, 11) is 0. The number of rotatable bonds is 6. The van der Waals surface area contributed by atoms with Crippen molar-refractivity contribution in [1.82, 2.24) is 5.32 Å². The summed E-state index contributed by atoms with van der Waals surface area (Å²) in [5.74, 6) is -2.23. The summed E-state index contributed by atoms with van der Waals surface area (Å²) in [6, 6.07) is 2.05. The topological polar surface area (TPSA) is 55.4 Å². The summed E-state index contributed by atoms with van der Waals surface area (Å²) >= 11 is 0. The van der Waals surface area contributed by atoms with Gasteiger partial charge in [0.05, 0.1) is 13.0 Å². The van der Waals surface area contributed by atoms with Gasteiger partial charge in [-0.1, -0.05) is 13.8 Å². The van der Waals surface area contributed by atoms with Crippen LogP contribution < -0.4 is 5.32 Å². The standard InChI is InChI=1S/C15H19F2NO3/c1-9(2)8-21-15(20)10(3)18-14(19)7-11-6-12(16)4-5-13(11)17/h4-6,9-10H,7-8H2,1-3H3,(H,18,19). The predicted octanol–water partition coefficient (Wildman–Crippen LogP) is 2.21. The van der Waals surface area contributed by atoms with Crippen molar-refractivity contribution < 1.29 is 23.1 Å². The van der Waals surface area contributed by atoms with Gasteiger partial charge in [0.1, 0.15) is 17.7 Å². The molecule has 0 aliphatic rings. The van der Waals surface area contributed by atoms with E-state index in [1.807, 2.05) is 13.8 Å². The molecule has 0 aliphatic carbocycles. The van der Waals surface area contributed by atoms with Gasteiger partial charge in [-0.25, -0.2) is 13.6 Å². The Morgan fingerprint density at radius 3 is 2.52 bits per heavy atom. The van der Waals surface area contributed by atoms with Gasteiger partial charge in [-0.05, 0) is 31.0 Å². The SMILES string of the molecule is CC(C)COC(=O)C(C)NC(=O)Cc1cc(F)ccc1F. The first-order valence-electron chi connectivity index (χ1n) is 6.69. The molecular weight excluding hydrogens is 280 g/mol. The molecule has 0 bridgehead atoms. The number of esters is 1. The molecule has 1 aromatic carbocycles. The molecular formula is C15H19F2NO3. The van der Waals surface area contributed by atoms with E-state index in [0.29, 0.717) is 0 Å². The quantitative estimate of drug-likeness (QED) is 0.819. The molecule has 6 heteroatoms. The third-order valence-corrected chi connectivity index (χ3v) is 2.65. The second kappa shape index (κ2) is 7.71. The van der Waals surface area contributed by atoms with Gasteiger partial charge < -0.3 is 10.1 Å². The van der Waals surface area contributed by atoms with Gasteiger partial charge >= 0.3 is 5.97 Å². The lowest BCUT2D eigenvalue weighted by atomic mass is 10.1. The highest BCUT2D eigenvalue weighted by molar-refractivity contribution is 5.85. The molecule has 0 fully saturated rings. The molecule has 4 nitrogen and oxygen atoms in total. The lowest BCUT2D eigenvalue weighted by molar-refractivity contribution is -0.148. The molecule has 116 valence electrons. The van der Waals surface area contributed by atoms with Crippen LogP contribution in [0.3, 0.4) is 0 Å². The monoisotopic (exact) mass is 299 g/mol. The van der Waals surface area contributed by atoms with Crippen LogP contribution in [0.1, 0.15) is 26.3 Å². The van der Waals surface area contributed by atoms with Crippen LogP contribution in [-0.4, -0.2) is 24.5 Å². The van der Waals surface area contributed by atoms with Gasteiger partial charge in [-0.15, -0.1) is 0 Å². The largest absolute Gasteiger partial charge is 0.464 e. The summed E-state index contributed by atoms with van der Waals surface area (Å²) in [5.41, 5.74) is -0.0600. The smallest absolute Gasteiger partial charge is 0.328 e. The van der Waals surface area contributed by atoms with Crippen molar-refractivity contribution >= 4 is 11.9 Å². The van der Waals surface area contributed by atoms with E-state index in [9.17, 15) is 18.4 Å². The van der Waals surface area contributed by atoms with E-state index in [4.69, 9.17) is 4.74 Å². The van der Waals surface area contributed by atoms with E-state index in [-0.39, 0.29) is 24.5 Å². The number of hydrogen-bond donors (Lipinski definition) is 1. The fraction of sp³-hybridized carbons (Fsp3) is 0.467. The number of halogens is 2. The van der Waals surface area contributed by atoms with E-state index >= 15 is 0 Å². The highest BCUT2D eigenvalue weighted by atomic mass is 19.1. The molecule has 0 aliphatic heterocycles. The third kappa shape index (κ3) is 5.89. The lowest BCUT2D eigenvalue weighted by Crippen LogP contribution is -2.40. The second-order valence-corrected chi connectivity index (χ2v) is 5.23. The van der Waals surface area contributed by atoms with Crippen LogP contribution in [0.4, 0.5) is 8.78 Å². The summed E-state index contributed by atoms with van der Waals surface area (Å²) in [5, 5.41) is 2.40. The van der Waals surface area contributed by atoms with Gasteiger partial charge in [-0.2, -0.15) is 0 Å². The molecule has 21 heavy (non-hydrogen) atoms. The van der Waals surface area contributed by atoms with Gasteiger partial charge in [0.2, 0.25) is 5.91 Å². The number of carbonyl (C=O) groups is 2. The van der Waals surface area contributed by atoms with E-state index in [0.717, 1.165) is 18.2 Å². The summed E-state index contributed by atoms with van der Waals surface area (Å²) < 4.78 is 31.4. The summed E-state index contributed by atoms with van der Waals surface area (Å²) in [6.07, 6.45) is -0.342. The first kappa shape index (κ1) is 17.1. The molecule has 1 aromatic rings. The van der Waals surface area contributed by atoms with Gasteiger partial charge in [0, 0.05) is 5.56 Å². The zero-order valence-electron chi connectivity index (χ0n) is 12.3. The summed E-state index contributed by atoms with van der Waals surface area (Å²) in [4.78, 5) is 23.3. The first-order chi connectivity index (χ1) is 9.79. The fourth-order valence-electron chi connectivity index (χ4n) is 1.58. The predicted molar refractivity (Wildman–Crippen MR) is 73.5 cm³/mol. The summed E-state index contributed by atoms with van der Waals surface area (Å²) in [6.45, 7) is 5.52. The normalized spacial score (nSPS) is 12.1. The van der Waals surface area contributed by atoms with Crippen molar-refractivity contribution in [3.05, 3.63) is 35.4 Å². The van der Waals surface area contributed by atoms with Crippen molar-refractivity contribution in [2.24, 2.45) is 5.92 Å². The van der Waals surface area contributed by atoms with Crippen molar-refractivity contribution in [1.29, 1.82) is 0 Å². The molecule has 0 aromatic heterocycles. The average molecular weight is 299 g/mol. The minimum absolute atomic E-state index is 0.0600. The molecule has 1 amide bonds. The number of nitrogens with one attached hydrogen (secondary N) is 1. The number of ether oxygens (including phenoxy) is 1. The van der Waals surface area contributed by atoms with Crippen LogP contribution in [0.15, 0.2) is 18.2 Å². The molecule has 1 unspecified atom stereocenters. The Hall–Kier alpha value is -1.98. The van der Waals surface area contributed by atoms with Crippen molar-refractivity contribution in [3.63, 3.8) is 0 Å². The molecule has 1 rings (SSSR count). The number of hydrogen-bond acceptors (Lipinski definition) is 3. The molecule has 0 spiro atoms. The van der Waals surface area contributed by atoms with E-state index < -0.39 is 29.6 Å². The first-order valence-corrected chi connectivity index (χ1v) is 6.69. The third-order valence-electron chi connectivity index (χ3n) is 2.65. The molecule has 1 N–H and O–H groups in total. The molecule has 0 heterocycles. The van der Waals surface area contributed by atoms with Gasteiger partial charge in [0.25, 0.3) is 0 Å². The van der Waals surface area contributed by atoms with Crippen molar-refractivity contribution in [3.8, 4) is 0 Å². The highest BCUT2D eigenvalue weighted by Gasteiger charge is 2.18. The minimum Gasteiger partial charge on any atom is -0.464 e. The van der Waals surface area contributed by atoms with Crippen LogP contribution in [-0.2, 0) is 20.7 Å². The average Bonchev–Trinajstić information content (AvgIpc) is 2.39. The number of carbonyl (C=O) groups excluding carboxylic acids is 2. The highest BCUT2D eigenvalue weighted by Crippen LogP contribution is 2.10. The van der Waals surface area contributed by atoms with E-state index in [1.165, 1.54) is 6.92 Å². The van der Waals surface area contributed by atoms with Crippen LogP contribution in [0.25, 0.3) is 0 Å². The molecule has 1 atom stereocenters. The molecule has 0 saturated heterocycles. The van der Waals surface area contributed by atoms with Crippen LogP contribution in [0.2, 0.25) is 0 Å². The Labute approximate surface area is 122 Å². The van der Waals surface area contributed by atoms with E-state index in [2.05, 4.69) is 5.32 Å². The Morgan fingerprint density at radius 1 is 1.24 bits per heavy atom. The lowest BCUT2D eigenvalue weighted by Gasteiger charge is -2.14. The maximum Gasteiger partial charge on any atom is 0.328 e. The van der Waals surface area contributed by atoms with Crippen LogP contribution >= 0.6 is 0 Å². The Kier molecular flexibility index (Phi) is 6.27. The zero-order chi connectivity index (χ0) is 16.0. The van der Waals surface area contributed by atoms with E-state index in [1.54, 1.807) is 0 Å². The Morgan fingerprint density at radius 2 is 1.90 bits per heavy atom. The van der Waals surface area contributed by atoms with Crippen LogP contribution in [0.5, 0.6) is 0 Å². The van der Waals surface area contributed by atoms with Crippen LogP contribution in [0, 0.1) is 17.6 Å². The maximum atomic E-state index is 13.4. The van der Waals surface area contributed by atoms with Crippen molar-refractivity contribution in [2.45, 2.75) is 33.2 Å². The Balaban J connectivity index is 2.53. The second-order valence-electron chi connectivity index (χ2n) is 5.23. The number of benzene rings is 1. The van der Waals surface area contributed by atoms with Gasteiger partial charge in [-0.3, -0.25) is 4.79 Å². The Bertz CT molecular complexity index is 518. The maximum absolute atomic E-state index is 13.4. The number of amides is 1. The molecule has 0 radical (unpaired) electrons. The fourth-order valence-corrected chi connectivity index (χ4v) is 1.58. The van der Waals surface area contributed by atoms with Gasteiger partial charge in [0.15, 0.2) is 0 Å². The van der Waals surface area contributed by atoms with Crippen molar-refractivity contribution in [2.75, 3.05) is 6.61 Å². The molecule has 0 saturated carbocycles. The minimum atomic E-state index is -0.840. The zero-order valence-corrected chi connectivity index (χ0v) is 12.3.